The normalized spacial score (nSPS) is 30.9. The summed E-state index contributed by atoms with van der Waals surface area (Å²) in [5.41, 5.74) is 0.905. The number of halogens is 1. The van der Waals surface area contributed by atoms with Gasteiger partial charge in [0.1, 0.15) is 0 Å². The third kappa shape index (κ3) is 7.20. The van der Waals surface area contributed by atoms with Crippen molar-refractivity contribution in [1.82, 2.24) is 0 Å². The molecular formula is C32H47FO2. The predicted octanol–water partition coefficient (Wildman–Crippen LogP) is 9.07. The second-order valence-electron chi connectivity index (χ2n) is 11.9. The molecule has 3 heteroatoms. The lowest BCUT2D eigenvalue weighted by molar-refractivity contribution is -0.140. The summed E-state index contributed by atoms with van der Waals surface area (Å²) in [4.78, 5) is 12.8. The van der Waals surface area contributed by atoms with E-state index in [4.69, 9.17) is 4.74 Å². The number of rotatable bonds is 10. The number of benzene rings is 1. The predicted molar refractivity (Wildman–Crippen MR) is 142 cm³/mol. The van der Waals surface area contributed by atoms with Crippen LogP contribution in [0.5, 0.6) is 5.75 Å². The Morgan fingerprint density at radius 3 is 2.37 bits per heavy atom. The summed E-state index contributed by atoms with van der Waals surface area (Å²) in [5.74, 6) is 3.86. The SMILES string of the molecule is C=CCCc1ccc(OC(=O)C2CCC(C3CCC4CC(CCCCC)CCC4C3)CC2)c(F)c1. The molecule has 3 aliphatic carbocycles. The van der Waals surface area contributed by atoms with Crippen molar-refractivity contribution in [2.24, 2.45) is 35.5 Å². The van der Waals surface area contributed by atoms with Crippen LogP contribution in [0, 0.1) is 41.3 Å². The number of aryl methyl sites for hydroxylation is 1. The van der Waals surface area contributed by atoms with Gasteiger partial charge in [0.2, 0.25) is 0 Å². The fourth-order valence-electron chi connectivity index (χ4n) is 7.47. The first-order valence-electron chi connectivity index (χ1n) is 14.7. The Morgan fingerprint density at radius 1 is 0.971 bits per heavy atom. The van der Waals surface area contributed by atoms with Gasteiger partial charge in [0.05, 0.1) is 5.92 Å². The minimum Gasteiger partial charge on any atom is -0.423 e. The Bertz CT molecular complexity index is 825. The summed E-state index contributed by atoms with van der Waals surface area (Å²) in [6.07, 6.45) is 21.7. The number of fused-ring (bicyclic) bond motifs is 1. The maximum atomic E-state index is 14.4. The molecule has 0 heterocycles. The summed E-state index contributed by atoms with van der Waals surface area (Å²) in [6.45, 7) is 6.01. The van der Waals surface area contributed by atoms with E-state index in [1.807, 2.05) is 12.1 Å². The van der Waals surface area contributed by atoms with Gasteiger partial charge < -0.3 is 4.74 Å². The number of carbonyl (C=O) groups is 1. The summed E-state index contributed by atoms with van der Waals surface area (Å²) in [7, 11) is 0. The monoisotopic (exact) mass is 482 g/mol. The number of hydrogen-bond acceptors (Lipinski definition) is 2. The van der Waals surface area contributed by atoms with Crippen LogP contribution in [-0.4, -0.2) is 5.97 Å². The zero-order chi connectivity index (χ0) is 24.6. The van der Waals surface area contributed by atoms with Crippen LogP contribution in [0.2, 0.25) is 0 Å². The molecule has 0 aliphatic heterocycles. The molecule has 3 saturated carbocycles. The first-order valence-corrected chi connectivity index (χ1v) is 14.7. The minimum absolute atomic E-state index is 0.0723. The highest BCUT2D eigenvalue weighted by Crippen LogP contribution is 2.49. The second kappa shape index (κ2) is 13.1. The van der Waals surface area contributed by atoms with E-state index in [0.717, 1.165) is 73.7 Å². The van der Waals surface area contributed by atoms with Crippen molar-refractivity contribution in [1.29, 1.82) is 0 Å². The quantitative estimate of drug-likeness (QED) is 0.144. The van der Waals surface area contributed by atoms with Gasteiger partial charge in [-0.2, -0.15) is 0 Å². The van der Waals surface area contributed by atoms with Crippen molar-refractivity contribution in [3.05, 3.63) is 42.2 Å². The van der Waals surface area contributed by atoms with E-state index in [1.165, 1.54) is 70.3 Å². The fraction of sp³-hybridized carbons (Fsp3) is 0.719. The largest absolute Gasteiger partial charge is 0.423 e. The van der Waals surface area contributed by atoms with E-state index in [-0.39, 0.29) is 17.6 Å². The molecule has 3 fully saturated rings. The molecule has 0 radical (unpaired) electrons. The van der Waals surface area contributed by atoms with Gasteiger partial charge in [-0.15, -0.1) is 6.58 Å². The lowest BCUT2D eigenvalue weighted by atomic mass is 9.60. The van der Waals surface area contributed by atoms with Crippen molar-refractivity contribution in [2.45, 2.75) is 110 Å². The van der Waals surface area contributed by atoms with Crippen LogP contribution in [0.3, 0.4) is 0 Å². The fourth-order valence-corrected chi connectivity index (χ4v) is 7.47. The molecule has 4 atom stereocenters. The Kier molecular flexibility index (Phi) is 9.86. The van der Waals surface area contributed by atoms with E-state index in [9.17, 15) is 9.18 Å². The molecule has 0 spiro atoms. The van der Waals surface area contributed by atoms with Crippen LogP contribution in [0.1, 0.15) is 109 Å². The van der Waals surface area contributed by atoms with Gasteiger partial charge in [0.15, 0.2) is 11.6 Å². The highest BCUT2D eigenvalue weighted by molar-refractivity contribution is 5.75. The van der Waals surface area contributed by atoms with Gasteiger partial charge in [-0.3, -0.25) is 4.79 Å². The number of ether oxygens (including phenoxy) is 1. The Balaban J connectivity index is 1.20. The second-order valence-corrected chi connectivity index (χ2v) is 11.9. The van der Waals surface area contributed by atoms with E-state index in [1.54, 1.807) is 6.07 Å². The molecule has 4 unspecified atom stereocenters. The molecule has 0 N–H and O–H groups in total. The third-order valence-corrected chi connectivity index (χ3v) is 9.59. The molecule has 4 rings (SSSR count). The number of hydrogen-bond donors (Lipinski definition) is 0. The van der Waals surface area contributed by atoms with Gasteiger partial charge in [0.25, 0.3) is 0 Å². The molecule has 194 valence electrons. The lowest BCUT2D eigenvalue weighted by Gasteiger charge is -2.45. The van der Waals surface area contributed by atoms with E-state index in [2.05, 4.69) is 13.5 Å². The Labute approximate surface area is 213 Å². The molecule has 35 heavy (non-hydrogen) atoms. The maximum absolute atomic E-state index is 14.4. The average molecular weight is 483 g/mol. The van der Waals surface area contributed by atoms with Crippen LogP contribution in [0.25, 0.3) is 0 Å². The number of unbranched alkanes of at least 4 members (excludes halogenated alkanes) is 2. The lowest BCUT2D eigenvalue weighted by Crippen LogP contribution is -2.35. The first kappa shape index (κ1) is 26.4. The molecular weight excluding hydrogens is 435 g/mol. The molecule has 0 amide bonds. The molecule has 2 nitrogen and oxygen atoms in total. The van der Waals surface area contributed by atoms with Gasteiger partial charge in [-0.1, -0.05) is 51.2 Å². The van der Waals surface area contributed by atoms with E-state index >= 15 is 0 Å². The van der Waals surface area contributed by atoms with Crippen LogP contribution in [0.15, 0.2) is 30.9 Å². The molecule has 3 aliphatic rings. The molecule has 1 aromatic rings. The molecule has 0 bridgehead atoms. The van der Waals surface area contributed by atoms with Gasteiger partial charge in [-0.05, 0) is 118 Å². The van der Waals surface area contributed by atoms with Crippen molar-refractivity contribution in [3.8, 4) is 5.75 Å². The number of esters is 1. The van der Waals surface area contributed by atoms with E-state index < -0.39 is 5.82 Å². The Morgan fingerprint density at radius 2 is 1.66 bits per heavy atom. The Hall–Kier alpha value is -1.64. The first-order chi connectivity index (χ1) is 17.1. The zero-order valence-electron chi connectivity index (χ0n) is 22.0. The number of carbonyl (C=O) groups excluding carboxylic acids is 1. The summed E-state index contributed by atoms with van der Waals surface area (Å²) in [6, 6.07) is 4.94. The van der Waals surface area contributed by atoms with Crippen LogP contribution >= 0.6 is 0 Å². The van der Waals surface area contributed by atoms with Gasteiger partial charge in [-0.25, -0.2) is 4.39 Å². The van der Waals surface area contributed by atoms with Crippen LogP contribution in [-0.2, 0) is 11.2 Å². The van der Waals surface area contributed by atoms with Crippen LogP contribution in [0.4, 0.5) is 4.39 Å². The molecule has 0 aromatic heterocycles. The summed E-state index contributed by atoms with van der Waals surface area (Å²) < 4.78 is 20.0. The smallest absolute Gasteiger partial charge is 0.314 e. The minimum atomic E-state index is -0.439. The average Bonchev–Trinajstić information content (AvgIpc) is 2.88. The van der Waals surface area contributed by atoms with Crippen molar-refractivity contribution in [2.75, 3.05) is 0 Å². The third-order valence-electron chi connectivity index (χ3n) is 9.59. The van der Waals surface area contributed by atoms with Crippen molar-refractivity contribution < 1.29 is 13.9 Å². The van der Waals surface area contributed by atoms with Gasteiger partial charge >= 0.3 is 5.97 Å². The van der Waals surface area contributed by atoms with E-state index in [0.29, 0.717) is 0 Å². The van der Waals surface area contributed by atoms with Crippen molar-refractivity contribution in [3.63, 3.8) is 0 Å². The van der Waals surface area contributed by atoms with Crippen molar-refractivity contribution >= 4 is 5.97 Å². The zero-order valence-corrected chi connectivity index (χ0v) is 22.0. The molecule has 1 aromatic carbocycles. The maximum Gasteiger partial charge on any atom is 0.314 e. The topological polar surface area (TPSA) is 26.3 Å². The standard InChI is InChI=1S/C32H47FO2/c1-3-5-7-9-23-10-12-29-22-28(18-17-27(29)20-23)25-13-15-26(16-14-25)32(34)35-31-19-11-24(8-6-4-2)21-30(31)33/h4,11,19,21,23,25-29H,2-3,5-10,12-18,20,22H2,1H3. The van der Waals surface area contributed by atoms with Gasteiger partial charge in [0, 0.05) is 0 Å². The number of allylic oxidation sites excluding steroid dienone is 1. The van der Waals surface area contributed by atoms with Crippen LogP contribution < -0.4 is 4.74 Å². The highest BCUT2D eigenvalue weighted by atomic mass is 19.1. The highest BCUT2D eigenvalue weighted by Gasteiger charge is 2.39. The summed E-state index contributed by atoms with van der Waals surface area (Å²) in [5, 5.41) is 0. The molecule has 0 saturated heterocycles. The summed E-state index contributed by atoms with van der Waals surface area (Å²) >= 11 is 0.